The predicted octanol–water partition coefficient (Wildman–Crippen LogP) is 2.44. The van der Waals surface area contributed by atoms with E-state index >= 15 is 0 Å². The minimum Gasteiger partial charge on any atom is -0.314 e. The van der Waals surface area contributed by atoms with Gasteiger partial charge >= 0.3 is 0 Å². The summed E-state index contributed by atoms with van der Waals surface area (Å²) in [4.78, 5) is 2.48. The molecular weight excluding hydrogens is 253 g/mol. The van der Waals surface area contributed by atoms with Crippen molar-refractivity contribution in [2.45, 2.75) is 25.3 Å². The minimum absolute atomic E-state index is 0.165. The van der Waals surface area contributed by atoms with E-state index in [-0.39, 0.29) is 5.56 Å². The van der Waals surface area contributed by atoms with Gasteiger partial charge in [0, 0.05) is 32.2 Å². The average Bonchev–Trinajstić information content (AvgIpc) is 3.30. The smallest absolute Gasteiger partial charge is 0.140 e. The third-order valence-corrected chi connectivity index (χ3v) is 4.34. The highest BCUT2D eigenvalue weighted by Gasteiger charge is 2.30. The highest BCUT2D eigenvalue weighted by atomic mass is 19.1. The number of hydrogen-bond donors (Lipinski definition) is 1. The van der Waals surface area contributed by atoms with Crippen molar-refractivity contribution in [2.75, 3.05) is 26.2 Å². The molecule has 1 N–H and O–H groups in total. The summed E-state index contributed by atoms with van der Waals surface area (Å²) in [5.74, 6) is 0.396. The second kappa shape index (κ2) is 5.90. The molecule has 3 rings (SSSR count). The van der Waals surface area contributed by atoms with Crippen LogP contribution in [0.5, 0.6) is 0 Å². The molecule has 0 bridgehead atoms. The second-order valence-electron chi connectivity index (χ2n) is 5.83. The van der Waals surface area contributed by atoms with E-state index in [1.165, 1.54) is 18.9 Å². The molecule has 106 valence electrons. The van der Waals surface area contributed by atoms with E-state index in [1.807, 2.05) is 12.1 Å². The summed E-state index contributed by atoms with van der Waals surface area (Å²) in [5, 5.41) is 12.4. The Kier molecular flexibility index (Phi) is 4.00. The zero-order chi connectivity index (χ0) is 13.9. The van der Waals surface area contributed by atoms with Crippen LogP contribution in [-0.4, -0.2) is 31.1 Å². The summed E-state index contributed by atoms with van der Waals surface area (Å²) in [7, 11) is 0. The van der Waals surface area contributed by atoms with Crippen molar-refractivity contribution in [3.8, 4) is 6.07 Å². The Bertz CT molecular complexity index is 513. The molecule has 1 aromatic carbocycles. The molecule has 0 amide bonds. The van der Waals surface area contributed by atoms with Gasteiger partial charge in [-0.25, -0.2) is 4.39 Å². The fourth-order valence-electron chi connectivity index (χ4n) is 2.99. The van der Waals surface area contributed by atoms with Gasteiger partial charge in [-0.1, -0.05) is 18.9 Å². The summed E-state index contributed by atoms with van der Waals surface area (Å²) in [6, 6.07) is 7.32. The van der Waals surface area contributed by atoms with Crippen LogP contribution >= 0.6 is 0 Å². The molecule has 1 atom stereocenters. The number of hydrogen-bond acceptors (Lipinski definition) is 3. The predicted molar refractivity (Wildman–Crippen MR) is 75.6 cm³/mol. The first-order valence-corrected chi connectivity index (χ1v) is 7.42. The molecule has 3 nitrogen and oxygen atoms in total. The van der Waals surface area contributed by atoms with Crippen LogP contribution in [0.2, 0.25) is 0 Å². The Labute approximate surface area is 119 Å². The number of nitriles is 1. The van der Waals surface area contributed by atoms with Crippen molar-refractivity contribution in [1.29, 1.82) is 5.26 Å². The second-order valence-corrected chi connectivity index (χ2v) is 5.83. The lowest BCUT2D eigenvalue weighted by atomic mass is 9.97. The van der Waals surface area contributed by atoms with Gasteiger partial charge < -0.3 is 5.32 Å². The Morgan fingerprint density at radius 3 is 2.75 bits per heavy atom. The van der Waals surface area contributed by atoms with Gasteiger partial charge in [0.15, 0.2) is 0 Å². The topological polar surface area (TPSA) is 39.1 Å². The first-order chi connectivity index (χ1) is 9.78. The molecule has 0 spiro atoms. The van der Waals surface area contributed by atoms with Crippen molar-refractivity contribution in [2.24, 2.45) is 5.92 Å². The molecule has 1 saturated heterocycles. The van der Waals surface area contributed by atoms with Crippen LogP contribution in [0.4, 0.5) is 4.39 Å². The largest absolute Gasteiger partial charge is 0.314 e. The number of halogens is 1. The number of nitrogens with zero attached hydrogens (tertiary/aromatic N) is 2. The first-order valence-electron chi connectivity index (χ1n) is 7.42. The molecule has 0 radical (unpaired) electrons. The lowest BCUT2D eigenvalue weighted by molar-refractivity contribution is 0.160. The molecule has 2 aliphatic rings. The van der Waals surface area contributed by atoms with Crippen LogP contribution in [0.25, 0.3) is 0 Å². The van der Waals surface area contributed by atoms with Gasteiger partial charge in [0.1, 0.15) is 11.9 Å². The summed E-state index contributed by atoms with van der Waals surface area (Å²) in [6.07, 6.45) is 3.76. The maximum absolute atomic E-state index is 13.5. The molecule has 4 heteroatoms. The summed E-state index contributed by atoms with van der Waals surface area (Å²) >= 11 is 0. The molecule has 1 saturated carbocycles. The monoisotopic (exact) mass is 273 g/mol. The fraction of sp³-hybridized carbons (Fsp3) is 0.562. The molecular formula is C16H20FN3. The Morgan fingerprint density at radius 1 is 1.35 bits per heavy atom. The lowest BCUT2D eigenvalue weighted by Crippen LogP contribution is -2.45. The number of rotatable bonds is 4. The zero-order valence-electron chi connectivity index (χ0n) is 11.6. The number of nitrogens with one attached hydrogen (secondary N) is 1. The van der Waals surface area contributed by atoms with Gasteiger partial charge in [-0.3, -0.25) is 4.90 Å². The molecule has 0 unspecified atom stereocenters. The molecule has 20 heavy (non-hydrogen) atoms. The fourth-order valence-corrected chi connectivity index (χ4v) is 2.99. The molecule has 1 aromatic rings. The van der Waals surface area contributed by atoms with Gasteiger partial charge in [-0.05, 0) is 30.0 Å². The molecule has 1 aliphatic carbocycles. The van der Waals surface area contributed by atoms with Gasteiger partial charge in [-0.15, -0.1) is 0 Å². The van der Waals surface area contributed by atoms with E-state index in [0.717, 1.165) is 44.1 Å². The van der Waals surface area contributed by atoms with Crippen molar-refractivity contribution in [1.82, 2.24) is 10.2 Å². The SMILES string of the molecule is N#Cc1cc([C@@H](CC2CC2)N2CCNCC2)ccc1F. The van der Waals surface area contributed by atoms with Gasteiger partial charge in [0.2, 0.25) is 0 Å². The van der Waals surface area contributed by atoms with Crippen LogP contribution in [0.15, 0.2) is 18.2 Å². The summed E-state index contributed by atoms with van der Waals surface area (Å²) in [5.41, 5.74) is 1.26. The number of piperazine rings is 1. The summed E-state index contributed by atoms with van der Waals surface area (Å²) < 4.78 is 13.5. The molecule has 0 aromatic heterocycles. The third-order valence-electron chi connectivity index (χ3n) is 4.34. The van der Waals surface area contributed by atoms with Gasteiger partial charge in [0.05, 0.1) is 5.56 Å². The highest BCUT2D eigenvalue weighted by molar-refractivity contribution is 5.36. The Balaban J connectivity index is 1.85. The average molecular weight is 273 g/mol. The highest BCUT2D eigenvalue weighted by Crippen LogP contribution is 2.40. The van der Waals surface area contributed by atoms with Crippen LogP contribution in [0.3, 0.4) is 0 Å². The molecule has 1 heterocycles. The van der Waals surface area contributed by atoms with E-state index in [9.17, 15) is 4.39 Å². The van der Waals surface area contributed by atoms with Crippen LogP contribution in [0.1, 0.15) is 36.4 Å². The van der Waals surface area contributed by atoms with Gasteiger partial charge in [-0.2, -0.15) is 5.26 Å². The van der Waals surface area contributed by atoms with Gasteiger partial charge in [0.25, 0.3) is 0 Å². The Hall–Kier alpha value is -1.44. The van der Waals surface area contributed by atoms with Crippen molar-refractivity contribution >= 4 is 0 Å². The normalized spacial score (nSPS) is 21.4. The van der Waals surface area contributed by atoms with E-state index < -0.39 is 5.82 Å². The van der Waals surface area contributed by atoms with E-state index in [4.69, 9.17) is 5.26 Å². The van der Waals surface area contributed by atoms with E-state index in [2.05, 4.69) is 10.2 Å². The number of benzene rings is 1. The zero-order valence-corrected chi connectivity index (χ0v) is 11.6. The maximum atomic E-state index is 13.5. The lowest BCUT2D eigenvalue weighted by Gasteiger charge is -2.35. The summed E-state index contributed by atoms with van der Waals surface area (Å²) in [6.45, 7) is 4.06. The standard InChI is InChI=1S/C16H20FN3/c17-15-4-3-13(10-14(15)11-18)16(9-12-1-2-12)20-7-5-19-6-8-20/h3-4,10,12,16,19H,1-2,5-9H2/t16-/m1/s1. The van der Waals surface area contributed by atoms with E-state index in [0.29, 0.717) is 6.04 Å². The van der Waals surface area contributed by atoms with Crippen LogP contribution in [-0.2, 0) is 0 Å². The van der Waals surface area contributed by atoms with Crippen molar-refractivity contribution < 1.29 is 4.39 Å². The maximum Gasteiger partial charge on any atom is 0.140 e. The Morgan fingerprint density at radius 2 is 2.10 bits per heavy atom. The minimum atomic E-state index is -0.415. The quantitative estimate of drug-likeness (QED) is 0.916. The van der Waals surface area contributed by atoms with Crippen LogP contribution in [0, 0.1) is 23.1 Å². The van der Waals surface area contributed by atoms with Crippen molar-refractivity contribution in [3.05, 3.63) is 35.1 Å². The molecule has 1 aliphatic heterocycles. The van der Waals surface area contributed by atoms with Crippen molar-refractivity contribution in [3.63, 3.8) is 0 Å². The third kappa shape index (κ3) is 3.00. The molecule has 2 fully saturated rings. The van der Waals surface area contributed by atoms with E-state index in [1.54, 1.807) is 6.07 Å². The first kappa shape index (κ1) is 13.5. The van der Waals surface area contributed by atoms with Crippen LogP contribution < -0.4 is 5.32 Å².